The van der Waals surface area contributed by atoms with Gasteiger partial charge in [0.25, 0.3) is 5.91 Å². The first kappa shape index (κ1) is 25.4. The molecule has 0 radical (unpaired) electrons. The zero-order valence-corrected chi connectivity index (χ0v) is 20.1. The van der Waals surface area contributed by atoms with Gasteiger partial charge in [0.2, 0.25) is 5.88 Å². The van der Waals surface area contributed by atoms with E-state index >= 15 is 0 Å². The van der Waals surface area contributed by atoms with Crippen molar-refractivity contribution in [3.05, 3.63) is 90.1 Å². The molecule has 0 saturated heterocycles. The highest BCUT2D eigenvalue weighted by molar-refractivity contribution is 6.08. The van der Waals surface area contributed by atoms with Crippen molar-refractivity contribution in [2.45, 2.75) is 19.8 Å². The van der Waals surface area contributed by atoms with Gasteiger partial charge >= 0.3 is 6.09 Å². The van der Waals surface area contributed by atoms with Crippen LogP contribution in [0.15, 0.2) is 78.9 Å². The van der Waals surface area contributed by atoms with Crippen LogP contribution in [0, 0.1) is 0 Å². The maximum Gasteiger partial charge on any atom is 0.415 e. The largest absolute Gasteiger partial charge is 0.486 e. The number of alkyl carbamates (subject to hydrolysis) is 1. The van der Waals surface area contributed by atoms with Crippen LogP contribution < -0.4 is 25.0 Å². The maximum atomic E-state index is 13.1. The molecule has 37 heavy (non-hydrogen) atoms. The molecular weight excluding hydrogens is 478 g/mol. The van der Waals surface area contributed by atoms with E-state index in [0.717, 1.165) is 5.56 Å². The lowest BCUT2D eigenvalue weighted by molar-refractivity contribution is -0.00130. The van der Waals surface area contributed by atoms with Crippen molar-refractivity contribution >= 4 is 22.8 Å². The van der Waals surface area contributed by atoms with Gasteiger partial charge in [-0.1, -0.05) is 48.5 Å². The number of fused-ring (bicyclic) bond motifs is 1. The summed E-state index contributed by atoms with van der Waals surface area (Å²) in [5, 5.41) is 12.0. The molecule has 1 unspecified atom stereocenters. The van der Waals surface area contributed by atoms with Crippen molar-refractivity contribution in [2.75, 3.05) is 7.11 Å². The Labute approximate surface area is 212 Å². The van der Waals surface area contributed by atoms with Gasteiger partial charge in [-0.25, -0.2) is 9.78 Å². The molecule has 0 aliphatic carbocycles. The van der Waals surface area contributed by atoms with Gasteiger partial charge in [0.1, 0.15) is 18.1 Å². The number of aromatic nitrogens is 1. The lowest BCUT2D eigenvalue weighted by Gasteiger charge is -2.17. The summed E-state index contributed by atoms with van der Waals surface area (Å²) in [7, 11) is 1.42. The fourth-order valence-corrected chi connectivity index (χ4v) is 3.48. The number of hydrogen-bond acceptors (Lipinski definition) is 9. The lowest BCUT2D eigenvalue weighted by atomic mass is 10.1. The number of hydrogen-bond donors (Lipinski definition) is 3. The Balaban J connectivity index is 1.74. The molecule has 4 aromatic rings. The Hall–Kier alpha value is -4.67. The number of para-hydroxylation sites is 1. The predicted molar refractivity (Wildman–Crippen MR) is 134 cm³/mol. The summed E-state index contributed by atoms with van der Waals surface area (Å²) in [4.78, 5) is 29.5. The Bertz CT molecular complexity index is 1380. The fraction of sp³-hybridized carbons (Fsp3) is 0.148. The van der Waals surface area contributed by atoms with Gasteiger partial charge in [0.15, 0.2) is 17.7 Å². The second kappa shape index (κ2) is 11.8. The summed E-state index contributed by atoms with van der Waals surface area (Å²) < 4.78 is 22.3. The highest BCUT2D eigenvalue weighted by atomic mass is 16.6. The van der Waals surface area contributed by atoms with Gasteiger partial charge in [-0.2, -0.15) is 5.48 Å². The number of nitrogens with zero attached hydrogens (tertiary/aromatic N) is 1. The molecular formula is C27H25N3O7. The number of ether oxygens (including phenoxy) is 4. The molecule has 3 aromatic carbocycles. The van der Waals surface area contributed by atoms with Crippen molar-refractivity contribution in [1.82, 2.24) is 15.8 Å². The number of pyridine rings is 1. The molecule has 0 aliphatic rings. The minimum absolute atomic E-state index is 0.129. The second-order valence-electron chi connectivity index (χ2n) is 7.83. The quantitative estimate of drug-likeness (QED) is 0.218. The highest BCUT2D eigenvalue weighted by Crippen LogP contribution is 2.38. The molecule has 0 spiro atoms. The second-order valence-corrected chi connectivity index (χ2v) is 7.83. The number of methoxy groups -OCH3 is 1. The number of rotatable bonds is 9. The van der Waals surface area contributed by atoms with Crippen LogP contribution >= 0.6 is 0 Å². The van der Waals surface area contributed by atoms with E-state index in [1.54, 1.807) is 23.7 Å². The molecule has 4 rings (SSSR count). The summed E-state index contributed by atoms with van der Waals surface area (Å²) in [6.45, 7) is 1.52. The van der Waals surface area contributed by atoms with Gasteiger partial charge in [0.05, 0.1) is 12.5 Å². The average molecular weight is 504 g/mol. The van der Waals surface area contributed by atoms with Crippen LogP contribution in [-0.2, 0) is 11.3 Å². The maximum absolute atomic E-state index is 13.1. The SMILES string of the molecule is COc1nc(C(=O)NC(=O)OC(C)NO)c(OCc2ccccc2)c2ccc(Oc3ccccc3)cc12. The molecule has 190 valence electrons. The van der Waals surface area contributed by atoms with Crippen molar-refractivity contribution in [2.24, 2.45) is 0 Å². The van der Waals surface area contributed by atoms with Crippen LogP contribution in [0.1, 0.15) is 23.0 Å². The molecule has 0 fully saturated rings. The Morgan fingerprint density at radius 2 is 1.65 bits per heavy atom. The summed E-state index contributed by atoms with van der Waals surface area (Å²) in [6.07, 6.45) is -2.12. The monoisotopic (exact) mass is 503 g/mol. The summed E-state index contributed by atoms with van der Waals surface area (Å²) in [5.74, 6) is 0.576. The number of carbonyl (C=O) groups excluding carboxylic acids is 2. The third kappa shape index (κ3) is 6.31. The standard InChI is InChI=1S/C27H25N3O7/c1-17(30-33)36-27(32)29-25(31)23-24(35-16-18-9-5-3-6-10-18)21-14-13-20(15-22(21)26(28-23)34-2)37-19-11-7-4-8-12-19/h3-15,17,30,33H,16H2,1-2H3,(H,29,31,32). The first-order valence-electron chi connectivity index (χ1n) is 11.3. The van der Waals surface area contributed by atoms with Gasteiger partial charge in [-0.3, -0.25) is 10.1 Å². The van der Waals surface area contributed by atoms with E-state index in [9.17, 15) is 9.59 Å². The molecule has 0 saturated carbocycles. The number of nitrogens with one attached hydrogen (secondary N) is 2. The normalized spacial score (nSPS) is 11.4. The van der Waals surface area contributed by atoms with Gasteiger partial charge < -0.3 is 24.2 Å². The highest BCUT2D eigenvalue weighted by Gasteiger charge is 2.24. The van der Waals surface area contributed by atoms with Crippen molar-refractivity contribution in [3.63, 3.8) is 0 Å². The van der Waals surface area contributed by atoms with Gasteiger partial charge in [-0.05, 0) is 42.8 Å². The van der Waals surface area contributed by atoms with E-state index in [-0.39, 0.29) is 23.9 Å². The zero-order chi connectivity index (χ0) is 26.2. The van der Waals surface area contributed by atoms with Crippen LogP contribution in [0.5, 0.6) is 23.1 Å². The van der Waals surface area contributed by atoms with E-state index in [0.29, 0.717) is 22.3 Å². The first-order chi connectivity index (χ1) is 18.0. The van der Waals surface area contributed by atoms with Crippen LogP contribution in [0.2, 0.25) is 0 Å². The van der Waals surface area contributed by atoms with Crippen LogP contribution in [-0.4, -0.2) is 35.5 Å². The van der Waals surface area contributed by atoms with E-state index < -0.39 is 18.2 Å². The van der Waals surface area contributed by atoms with Crippen molar-refractivity contribution in [3.8, 4) is 23.1 Å². The molecule has 1 heterocycles. The molecule has 1 aromatic heterocycles. The van der Waals surface area contributed by atoms with E-state index in [1.165, 1.54) is 14.0 Å². The Kier molecular flexibility index (Phi) is 8.14. The summed E-state index contributed by atoms with van der Waals surface area (Å²) in [6, 6.07) is 23.8. The number of hydroxylamine groups is 1. The predicted octanol–water partition coefficient (Wildman–Crippen LogP) is 4.81. The number of carbonyl (C=O) groups is 2. The zero-order valence-electron chi connectivity index (χ0n) is 20.1. The molecule has 10 heteroatoms. The van der Waals surface area contributed by atoms with Crippen molar-refractivity contribution in [1.29, 1.82) is 0 Å². The molecule has 1 atom stereocenters. The lowest BCUT2D eigenvalue weighted by Crippen LogP contribution is -2.37. The van der Waals surface area contributed by atoms with E-state index in [2.05, 4.69) is 10.3 Å². The minimum atomic E-state index is -1.08. The third-order valence-corrected chi connectivity index (χ3v) is 5.19. The number of amides is 2. The van der Waals surface area contributed by atoms with Gasteiger partial charge in [0, 0.05) is 5.39 Å². The minimum Gasteiger partial charge on any atom is -0.486 e. The van der Waals surface area contributed by atoms with E-state index in [4.69, 9.17) is 24.2 Å². The molecule has 3 N–H and O–H groups in total. The molecule has 2 amide bonds. The summed E-state index contributed by atoms with van der Waals surface area (Å²) in [5.41, 5.74) is 2.44. The van der Waals surface area contributed by atoms with Crippen LogP contribution in [0.4, 0.5) is 4.79 Å². The van der Waals surface area contributed by atoms with Crippen LogP contribution in [0.3, 0.4) is 0 Å². The Morgan fingerprint density at radius 1 is 0.946 bits per heavy atom. The van der Waals surface area contributed by atoms with Gasteiger partial charge in [-0.15, -0.1) is 0 Å². The van der Waals surface area contributed by atoms with E-state index in [1.807, 2.05) is 60.7 Å². The molecule has 0 aliphatic heterocycles. The number of benzene rings is 3. The topological polar surface area (TPSA) is 128 Å². The van der Waals surface area contributed by atoms with Crippen molar-refractivity contribution < 1.29 is 33.7 Å². The van der Waals surface area contributed by atoms with Crippen LogP contribution in [0.25, 0.3) is 10.8 Å². The summed E-state index contributed by atoms with van der Waals surface area (Å²) >= 11 is 0. The average Bonchev–Trinajstić information content (AvgIpc) is 2.92. The smallest absolute Gasteiger partial charge is 0.415 e. The first-order valence-corrected chi connectivity index (χ1v) is 11.3. The molecule has 0 bridgehead atoms. The fourth-order valence-electron chi connectivity index (χ4n) is 3.48. The molecule has 10 nitrogen and oxygen atoms in total. The number of imide groups is 1. The Morgan fingerprint density at radius 3 is 2.32 bits per heavy atom. The third-order valence-electron chi connectivity index (χ3n) is 5.19.